The molecule has 2 aromatic carbocycles. The van der Waals surface area contributed by atoms with Crippen molar-refractivity contribution < 1.29 is 0 Å². The topological polar surface area (TPSA) is 0 Å². The highest BCUT2D eigenvalue weighted by Crippen LogP contribution is 2.40. The van der Waals surface area contributed by atoms with Gasteiger partial charge in [0.05, 0.1) is 0 Å². The molecular formula is C21H26. The number of unbranched alkanes of at least 4 members (excludes halogenated alkanes) is 2. The highest BCUT2D eigenvalue weighted by Gasteiger charge is 2.21. The van der Waals surface area contributed by atoms with Crippen LogP contribution in [0.1, 0.15) is 61.8 Å². The molecule has 21 heavy (non-hydrogen) atoms. The Bertz CT molecular complexity index is 622. The van der Waals surface area contributed by atoms with E-state index in [0.717, 1.165) is 6.42 Å². The van der Waals surface area contributed by atoms with Gasteiger partial charge in [0.2, 0.25) is 0 Å². The lowest BCUT2D eigenvalue weighted by atomic mass is 9.92. The first kappa shape index (κ1) is 14.4. The van der Waals surface area contributed by atoms with Crippen molar-refractivity contribution in [3.8, 4) is 11.1 Å². The van der Waals surface area contributed by atoms with E-state index in [2.05, 4.69) is 50.2 Å². The Balaban J connectivity index is 2.02. The van der Waals surface area contributed by atoms with Crippen LogP contribution in [0.2, 0.25) is 0 Å². The van der Waals surface area contributed by atoms with Crippen LogP contribution in [0.15, 0.2) is 36.4 Å². The summed E-state index contributed by atoms with van der Waals surface area (Å²) in [5.41, 5.74) is 9.26. The van der Waals surface area contributed by atoms with Crippen LogP contribution in [-0.2, 0) is 19.3 Å². The van der Waals surface area contributed by atoms with Crippen LogP contribution in [0.4, 0.5) is 0 Å². The summed E-state index contributed by atoms with van der Waals surface area (Å²) in [6.45, 7) is 4.57. The zero-order chi connectivity index (χ0) is 14.7. The highest BCUT2D eigenvalue weighted by atomic mass is 14.3. The van der Waals surface area contributed by atoms with Crippen molar-refractivity contribution in [2.75, 3.05) is 0 Å². The van der Waals surface area contributed by atoms with Gasteiger partial charge in [-0.25, -0.2) is 0 Å². The lowest BCUT2D eigenvalue weighted by molar-refractivity contribution is 0.780. The third-order valence-electron chi connectivity index (χ3n) is 4.65. The number of benzene rings is 2. The van der Waals surface area contributed by atoms with E-state index in [1.54, 1.807) is 22.3 Å². The van der Waals surface area contributed by atoms with Gasteiger partial charge in [0, 0.05) is 0 Å². The van der Waals surface area contributed by atoms with Gasteiger partial charge in [0.15, 0.2) is 0 Å². The predicted molar refractivity (Wildman–Crippen MR) is 91.9 cm³/mol. The van der Waals surface area contributed by atoms with Gasteiger partial charge < -0.3 is 0 Å². The molecule has 0 nitrogen and oxygen atoms in total. The van der Waals surface area contributed by atoms with E-state index in [-0.39, 0.29) is 0 Å². The standard InChI is InChI=1S/C21H26/c1-3-5-9-16-13-18(10-6-4-2)21-19(14-16)15-17-11-7-8-12-20(17)21/h7-8,11-14H,3-6,9-10,15H2,1-2H3. The summed E-state index contributed by atoms with van der Waals surface area (Å²) in [6.07, 6.45) is 8.75. The first-order valence-corrected chi connectivity index (χ1v) is 8.56. The maximum atomic E-state index is 2.49. The molecule has 0 fully saturated rings. The smallest absolute Gasteiger partial charge is 0.00132 e. The molecular weight excluding hydrogens is 252 g/mol. The average Bonchev–Trinajstić information content (AvgIpc) is 2.89. The predicted octanol–water partition coefficient (Wildman–Crippen LogP) is 5.94. The van der Waals surface area contributed by atoms with Crippen molar-refractivity contribution >= 4 is 0 Å². The SMILES string of the molecule is CCCCc1cc(CCCC)c2c(c1)Cc1ccccc1-2. The highest BCUT2D eigenvalue weighted by molar-refractivity contribution is 5.80. The second kappa shape index (κ2) is 6.47. The fourth-order valence-electron chi connectivity index (χ4n) is 3.54. The molecule has 0 radical (unpaired) electrons. The Kier molecular flexibility index (Phi) is 4.43. The summed E-state index contributed by atoms with van der Waals surface area (Å²) in [5.74, 6) is 0. The Morgan fingerprint density at radius 2 is 1.62 bits per heavy atom. The van der Waals surface area contributed by atoms with E-state index in [9.17, 15) is 0 Å². The van der Waals surface area contributed by atoms with Crippen molar-refractivity contribution in [1.82, 2.24) is 0 Å². The summed E-state index contributed by atoms with van der Waals surface area (Å²) in [4.78, 5) is 0. The second-order valence-electron chi connectivity index (χ2n) is 6.33. The van der Waals surface area contributed by atoms with Gasteiger partial charge in [0.25, 0.3) is 0 Å². The van der Waals surface area contributed by atoms with Crippen LogP contribution in [0.25, 0.3) is 11.1 Å². The maximum absolute atomic E-state index is 2.49. The summed E-state index contributed by atoms with van der Waals surface area (Å²) in [7, 11) is 0. The van der Waals surface area contributed by atoms with Gasteiger partial charge >= 0.3 is 0 Å². The molecule has 0 heterocycles. The number of hydrogen-bond donors (Lipinski definition) is 0. The largest absolute Gasteiger partial charge is 0.0654 e. The Labute approximate surface area is 129 Å². The molecule has 0 atom stereocenters. The molecule has 0 spiro atoms. The number of hydrogen-bond acceptors (Lipinski definition) is 0. The molecule has 110 valence electrons. The third kappa shape index (κ3) is 2.90. The minimum Gasteiger partial charge on any atom is -0.0654 e. The monoisotopic (exact) mass is 278 g/mol. The zero-order valence-electron chi connectivity index (χ0n) is 13.4. The van der Waals surface area contributed by atoms with Crippen molar-refractivity contribution in [3.63, 3.8) is 0 Å². The van der Waals surface area contributed by atoms with Crippen LogP contribution in [0.5, 0.6) is 0 Å². The Morgan fingerprint density at radius 1 is 0.857 bits per heavy atom. The molecule has 1 aliphatic carbocycles. The van der Waals surface area contributed by atoms with Gasteiger partial charge in [-0.2, -0.15) is 0 Å². The van der Waals surface area contributed by atoms with Gasteiger partial charge in [-0.15, -0.1) is 0 Å². The molecule has 0 amide bonds. The summed E-state index contributed by atoms with van der Waals surface area (Å²) in [5, 5.41) is 0. The van der Waals surface area contributed by atoms with E-state index in [1.807, 2.05) is 0 Å². The first-order chi connectivity index (χ1) is 10.3. The number of rotatable bonds is 6. The third-order valence-corrected chi connectivity index (χ3v) is 4.65. The Hall–Kier alpha value is -1.56. The van der Waals surface area contributed by atoms with Crippen LogP contribution in [0.3, 0.4) is 0 Å². The van der Waals surface area contributed by atoms with Crippen molar-refractivity contribution in [3.05, 3.63) is 58.7 Å². The maximum Gasteiger partial charge on any atom is -0.00132 e. The molecule has 0 saturated heterocycles. The van der Waals surface area contributed by atoms with Crippen LogP contribution in [0, 0.1) is 0 Å². The average molecular weight is 278 g/mol. The lowest BCUT2D eigenvalue weighted by Gasteiger charge is -2.13. The molecule has 0 unspecified atom stereocenters. The van der Waals surface area contributed by atoms with E-state index < -0.39 is 0 Å². The number of aryl methyl sites for hydroxylation is 2. The van der Waals surface area contributed by atoms with Gasteiger partial charge in [-0.1, -0.05) is 63.1 Å². The lowest BCUT2D eigenvalue weighted by Crippen LogP contribution is -1.96. The van der Waals surface area contributed by atoms with Crippen LogP contribution >= 0.6 is 0 Å². The van der Waals surface area contributed by atoms with Crippen LogP contribution in [-0.4, -0.2) is 0 Å². The van der Waals surface area contributed by atoms with Crippen molar-refractivity contribution in [1.29, 1.82) is 0 Å². The van der Waals surface area contributed by atoms with Crippen LogP contribution < -0.4 is 0 Å². The molecule has 0 bridgehead atoms. The normalized spacial score (nSPS) is 12.3. The molecule has 1 aliphatic rings. The fourth-order valence-corrected chi connectivity index (χ4v) is 3.54. The first-order valence-electron chi connectivity index (χ1n) is 8.56. The summed E-state index contributed by atoms with van der Waals surface area (Å²) >= 11 is 0. The van der Waals surface area contributed by atoms with Crippen molar-refractivity contribution in [2.45, 2.75) is 58.8 Å². The molecule has 0 saturated carbocycles. The fraction of sp³-hybridized carbons (Fsp3) is 0.429. The van der Waals surface area contributed by atoms with E-state index in [0.29, 0.717) is 0 Å². The van der Waals surface area contributed by atoms with Gasteiger partial charge in [0.1, 0.15) is 0 Å². The molecule has 3 rings (SSSR count). The number of fused-ring (bicyclic) bond motifs is 3. The second-order valence-corrected chi connectivity index (χ2v) is 6.33. The molecule has 0 heteroatoms. The molecule has 0 aromatic heterocycles. The minimum atomic E-state index is 1.13. The summed E-state index contributed by atoms with van der Waals surface area (Å²) in [6, 6.07) is 13.9. The van der Waals surface area contributed by atoms with E-state index >= 15 is 0 Å². The van der Waals surface area contributed by atoms with Crippen molar-refractivity contribution in [2.24, 2.45) is 0 Å². The van der Waals surface area contributed by atoms with Gasteiger partial charge in [-0.3, -0.25) is 0 Å². The zero-order valence-corrected chi connectivity index (χ0v) is 13.4. The molecule has 2 aromatic rings. The van der Waals surface area contributed by atoms with E-state index in [4.69, 9.17) is 0 Å². The quantitative estimate of drug-likeness (QED) is 0.523. The van der Waals surface area contributed by atoms with Gasteiger partial charge in [-0.05, 0) is 65.5 Å². The van der Waals surface area contributed by atoms with E-state index in [1.165, 1.54) is 49.7 Å². The molecule has 0 aliphatic heterocycles. The minimum absolute atomic E-state index is 1.13. The summed E-state index contributed by atoms with van der Waals surface area (Å²) < 4.78 is 0. The Morgan fingerprint density at radius 3 is 2.43 bits per heavy atom. The molecule has 0 N–H and O–H groups in total.